The summed E-state index contributed by atoms with van der Waals surface area (Å²) in [5.74, 6) is 0.108. The Kier molecular flexibility index (Phi) is 5.34. The summed E-state index contributed by atoms with van der Waals surface area (Å²) in [6.07, 6.45) is 0. The Morgan fingerprint density at radius 3 is 2.72 bits per heavy atom. The van der Waals surface area contributed by atoms with Crippen LogP contribution in [0.2, 0.25) is 0 Å². The van der Waals surface area contributed by atoms with Crippen LogP contribution in [0.5, 0.6) is 0 Å². The van der Waals surface area contributed by atoms with Gasteiger partial charge in [-0.15, -0.1) is 16.4 Å². The van der Waals surface area contributed by atoms with Crippen LogP contribution in [0.3, 0.4) is 0 Å². The van der Waals surface area contributed by atoms with Crippen LogP contribution in [0.15, 0.2) is 34.8 Å². The molecule has 0 spiro atoms. The second kappa shape index (κ2) is 7.49. The summed E-state index contributed by atoms with van der Waals surface area (Å²) < 4.78 is 1.74. The maximum Gasteiger partial charge on any atom is 0.210 e. The monoisotopic (exact) mass is 372 g/mol. The fourth-order valence-electron chi connectivity index (χ4n) is 2.59. The summed E-state index contributed by atoms with van der Waals surface area (Å²) in [5, 5.41) is 14.3. The molecule has 0 bridgehead atoms. The largest absolute Gasteiger partial charge is 0.293 e. The minimum atomic E-state index is -0.256. The van der Waals surface area contributed by atoms with Gasteiger partial charge in [0.1, 0.15) is 0 Å². The number of aromatic nitrogens is 4. The first kappa shape index (κ1) is 17.8. The Labute approximate surface area is 155 Å². The van der Waals surface area contributed by atoms with Crippen molar-refractivity contribution >= 4 is 28.9 Å². The molecule has 1 aromatic carbocycles. The molecule has 25 heavy (non-hydrogen) atoms. The fourth-order valence-corrected chi connectivity index (χ4v) is 4.13. The van der Waals surface area contributed by atoms with Gasteiger partial charge >= 0.3 is 0 Å². The minimum absolute atomic E-state index is 0.108. The number of Topliss-reactive ketones (excluding diaryl/α,β-unsaturated/α-hetero) is 1. The maximum atomic E-state index is 12.9. The van der Waals surface area contributed by atoms with Crippen LogP contribution in [0, 0.1) is 20.8 Å². The van der Waals surface area contributed by atoms with Crippen LogP contribution < -0.4 is 0 Å². The number of thioether (sulfide) groups is 1. The van der Waals surface area contributed by atoms with Crippen molar-refractivity contribution in [3.8, 4) is 0 Å². The first-order valence-corrected chi connectivity index (χ1v) is 9.79. The summed E-state index contributed by atoms with van der Waals surface area (Å²) in [5.41, 5.74) is 4.13. The van der Waals surface area contributed by atoms with Crippen LogP contribution in [0.4, 0.5) is 0 Å². The second-order valence-electron chi connectivity index (χ2n) is 6.07. The number of carbonyl (C=O) groups excluding carboxylic acids is 1. The number of benzene rings is 1. The van der Waals surface area contributed by atoms with Crippen LogP contribution in [0.25, 0.3) is 0 Å². The Bertz CT molecular complexity index is 887. The molecular formula is C18H20N4OS2. The Morgan fingerprint density at radius 1 is 1.24 bits per heavy atom. The number of hydrogen-bond donors (Lipinski definition) is 0. The van der Waals surface area contributed by atoms with E-state index >= 15 is 0 Å². The van der Waals surface area contributed by atoms with Crippen molar-refractivity contribution in [2.75, 3.05) is 0 Å². The molecule has 0 fully saturated rings. The van der Waals surface area contributed by atoms with Crippen molar-refractivity contribution in [1.82, 2.24) is 20.2 Å². The lowest BCUT2D eigenvalue weighted by atomic mass is 9.97. The number of thiophene rings is 1. The molecule has 0 aliphatic carbocycles. The van der Waals surface area contributed by atoms with Crippen LogP contribution in [0.1, 0.15) is 38.8 Å². The Morgan fingerprint density at radius 2 is 2.00 bits per heavy atom. The van der Waals surface area contributed by atoms with E-state index in [1.165, 1.54) is 22.2 Å². The highest BCUT2D eigenvalue weighted by molar-refractivity contribution is 8.00. The first-order valence-electron chi connectivity index (χ1n) is 8.03. The lowest BCUT2D eigenvalue weighted by Gasteiger charge is -2.13. The average Bonchev–Trinajstić information content (AvgIpc) is 3.23. The van der Waals surface area contributed by atoms with Gasteiger partial charge in [0.25, 0.3) is 0 Å². The molecule has 0 saturated heterocycles. The normalized spacial score (nSPS) is 12.3. The van der Waals surface area contributed by atoms with Gasteiger partial charge in [-0.3, -0.25) is 4.79 Å². The van der Waals surface area contributed by atoms with E-state index < -0.39 is 0 Å². The van der Waals surface area contributed by atoms with Crippen molar-refractivity contribution in [3.63, 3.8) is 0 Å². The van der Waals surface area contributed by atoms with Crippen molar-refractivity contribution in [3.05, 3.63) is 56.8 Å². The number of hydrogen-bond acceptors (Lipinski definition) is 6. The predicted molar refractivity (Wildman–Crippen MR) is 102 cm³/mol. The van der Waals surface area contributed by atoms with E-state index in [0.717, 1.165) is 16.7 Å². The molecule has 0 radical (unpaired) electrons. The molecule has 5 nitrogen and oxygen atoms in total. The first-order chi connectivity index (χ1) is 12.0. The van der Waals surface area contributed by atoms with Crippen LogP contribution >= 0.6 is 23.1 Å². The smallest absolute Gasteiger partial charge is 0.210 e. The molecule has 1 unspecified atom stereocenters. The number of tetrazole rings is 1. The molecule has 2 aromatic heterocycles. The van der Waals surface area contributed by atoms with E-state index in [1.54, 1.807) is 16.0 Å². The predicted octanol–water partition coefficient (Wildman–Crippen LogP) is 4.07. The highest BCUT2D eigenvalue weighted by Crippen LogP contribution is 2.26. The molecule has 0 saturated carbocycles. The lowest BCUT2D eigenvalue weighted by molar-refractivity contribution is 0.0993. The molecule has 0 N–H and O–H groups in total. The third-order valence-electron chi connectivity index (χ3n) is 4.14. The highest BCUT2D eigenvalue weighted by atomic mass is 32.2. The van der Waals surface area contributed by atoms with Gasteiger partial charge in [0.15, 0.2) is 5.78 Å². The van der Waals surface area contributed by atoms with E-state index in [2.05, 4.69) is 28.5 Å². The zero-order valence-corrected chi connectivity index (χ0v) is 16.3. The number of aryl methyl sites for hydroxylation is 3. The molecule has 0 amide bonds. The van der Waals surface area contributed by atoms with E-state index in [1.807, 2.05) is 44.4 Å². The standard InChI is InChI=1S/C18H20N4OS2/c1-11-8-13(3)16(9-12(11)2)17(23)14(4)25-18-19-20-21-22(18)10-15-6-5-7-24-15/h5-9,14H,10H2,1-4H3. The molecule has 2 heterocycles. The van der Waals surface area contributed by atoms with Crippen molar-refractivity contribution in [2.24, 2.45) is 0 Å². The molecule has 1 atom stereocenters. The van der Waals surface area contributed by atoms with Crippen molar-refractivity contribution < 1.29 is 4.79 Å². The van der Waals surface area contributed by atoms with E-state index in [4.69, 9.17) is 0 Å². The zero-order valence-electron chi connectivity index (χ0n) is 14.7. The highest BCUT2D eigenvalue weighted by Gasteiger charge is 2.22. The second-order valence-corrected chi connectivity index (χ2v) is 8.41. The molecule has 0 aliphatic rings. The molecule has 3 aromatic rings. The van der Waals surface area contributed by atoms with Gasteiger partial charge in [-0.1, -0.05) is 23.9 Å². The van der Waals surface area contributed by atoms with Gasteiger partial charge in [-0.05, 0) is 72.3 Å². The summed E-state index contributed by atoms with van der Waals surface area (Å²) in [6, 6.07) is 8.11. The number of nitrogens with zero attached hydrogens (tertiary/aromatic N) is 4. The fraction of sp³-hybridized carbons (Fsp3) is 0.333. The number of carbonyl (C=O) groups is 1. The molecule has 0 aliphatic heterocycles. The van der Waals surface area contributed by atoms with Crippen LogP contribution in [-0.2, 0) is 6.54 Å². The average molecular weight is 373 g/mol. The van der Waals surface area contributed by atoms with Crippen molar-refractivity contribution in [2.45, 2.75) is 44.6 Å². The minimum Gasteiger partial charge on any atom is -0.293 e. The summed E-state index contributed by atoms with van der Waals surface area (Å²) >= 11 is 3.07. The molecule has 130 valence electrons. The maximum absolute atomic E-state index is 12.9. The topological polar surface area (TPSA) is 60.7 Å². The van der Waals surface area contributed by atoms with E-state index in [-0.39, 0.29) is 11.0 Å². The van der Waals surface area contributed by atoms with Gasteiger partial charge in [0.05, 0.1) is 11.8 Å². The molecular weight excluding hydrogens is 352 g/mol. The quantitative estimate of drug-likeness (QED) is 0.482. The zero-order chi connectivity index (χ0) is 18.0. The summed E-state index contributed by atoms with van der Waals surface area (Å²) in [7, 11) is 0. The van der Waals surface area contributed by atoms with Gasteiger partial charge in [0.2, 0.25) is 5.16 Å². The SMILES string of the molecule is Cc1cc(C)c(C(=O)C(C)Sc2nnnn2Cc2cccs2)cc1C. The van der Waals surface area contributed by atoms with E-state index in [9.17, 15) is 4.79 Å². The van der Waals surface area contributed by atoms with E-state index in [0.29, 0.717) is 11.7 Å². The van der Waals surface area contributed by atoms with Crippen LogP contribution in [-0.4, -0.2) is 31.2 Å². The Hall–Kier alpha value is -1.99. The molecule has 7 heteroatoms. The number of ketones is 1. The van der Waals surface area contributed by atoms with Crippen molar-refractivity contribution in [1.29, 1.82) is 0 Å². The van der Waals surface area contributed by atoms with Gasteiger partial charge < -0.3 is 0 Å². The summed E-state index contributed by atoms with van der Waals surface area (Å²) in [6.45, 7) is 8.61. The Balaban J connectivity index is 1.77. The van der Waals surface area contributed by atoms with Gasteiger partial charge in [0, 0.05) is 10.4 Å². The molecule has 3 rings (SSSR count). The van der Waals surface area contributed by atoms with Gasteiger partial charge in [-0.25, -0.2) is 4.68 Å². The van der Waals surface area contributed by atoms with Gasteiger partial charge in [-0.2, -0.15) is 0 Å². The summed E-state index contributed by atoms with van der Waals surface area (Å²) in [4.78, 5) is 14.1. The lowest BCUT2D eigenvalue weighted by Crippen LogP contribution is -2.16. The third kappa shape index (κ3) is 3.99. The number of rotatable bonds is 6. The third-order valence-corrected chi connectivity index (χ3v) is 6.07.